The third kappa shape index (κ3) is 3.61. The Balaban J connectivity index is 2.17. The van der Waals surface area contributed by atoms with Gasteiger partial charge in [0.1, 0.15) is 5.75 Å². The minimum atomic E-state index is 0.299. The number of ether oxygens (including phenoxy) is 2. The first kappa shape index (κ1) is 15.5. The molecule has 0 fully saturated rings. The summed E-state index contributed by atoms with van der Waals surface area (Å²) in [4.78, 5) is 0. The summed E-state index contributed by atoms with van der Waals surface area (Å²) in [6.07, 6.45) is 0. The molecular formula is C16H18BrNO3. The van der Waals surface area contributed by atoms with Crippen molar-refractivity contribution in [2.24, 2.45) is 0 Å². The zero-order chi connectivity index (χ0) is 15.4. The van der Waals surface area contributed by atoms with Crippen LogP contribution in [0.15, 0.2) is 34.8 Å². The molecule has 0 aromatic heterocycles. The summed E-state index contributed by atoms with van der Waals surface area (Å²) in [6.45, 7) is 2.50. The van der Waals surface area contributed by atoms with Gasteiger partial charge < -0.3 is 19.9 Å². The van der Waals surface area contributed by atoms with Crippen LogP contribution in [0.25, 0.3) is 0 Å². The van der Waals surface area contributed by atoms with E-state index in [9.17, 15) is 5.11 Å². The van der Waals surface area contributed by atoms with E-state index < -0.39 is 0 Å². The summed E-state index contributed by atoms with van der Waals surface area (Å²) in [5, 5.41) is 12.9. The molecule has 0 aliphatic heterocycles. The highest BCUT2D eigenvalue weighted by atomic mass is 79.9. The number of aromatic hydroxyl groups is 1. The number of hydrogen-bond donors (Lipinski definition) is 2. The molecule has 0 aliphatic carbocycles. The van der Waals surface area contributed by atoms with Crippen molar-refractivity contribution in [1.29, 1.82) is 0 Å². The first-order valence-electron chi connectivity index (χ1n) is 6.49. The Kier molecular flexibility index (Phi) is 4.96. The summed E-state index contributed by atoms with van der Waals surface area (Å²) in [7, 11) is 3.23. The van der Waals surface area contributed by atoms with Gasteiger partial charge in [0, 0.05) is 16.7 Å². The Labute approximate surface area is 132 Å². The minimum Gasteiger partial charge on any atom is -0.508 e. The van der Waals surface area contributed by atoms with Gasteiger partial charge in [-0.1, -0.05) is 15.9 Å². The van der Waals surface area contributed by atoms with Crippen LogP contribution in [0.2, 0.25) is 0 Å². The molecule has 0 amide bonds. The Morgan fingerprint density at radius 2 is 1.76 bits per heavy atom. The van der Waals surface area contributed by atoms with Crippen molar-refractivity contribution in [2.45, 2.75) is 13.5 Å². The van der Waals surface area contributed by atoms with Gasteiger partial charge >= 0.3 is 0 Å². The van der Waals surface area contributed by atoms with Gasteiger partial charge in [0.15, 0.2) is 11.5 Å². The fraction of sp³-hybridized carbons (Fsp3) is 0.250. The number of aryl methyl sites for hydroxylation is 1. The lowest BCUT2D eigenvalue weighted by Crippen LogP contribution is -2.02. The van der Waals surface area contributed by atoms with E-state index in [0.29, 0.717) is 23.8 Å². The molecule has 0 unspecified atom stereocenters. The maximum atomic E-state index is 9.53. The molecule has 2 aromatic carbocycles. The Bertz CT molecular complexity index is 644. The zero-order valence-corrected chi connectivity index (χ0v) is 13.8. The molecular weight excluding hydrogens is 334 g/mol. The lowest BCUT2D eigenvalue weighted by molar-refractivity contribution is 0.354. The minimum absolute atomic E-state index is 0.299. The first-order valence-corrected chi connectivity index (χ1v) is 7.28. The molecule has 0 aliphatic rings. The van der Waals surface area contributed by atoms with Gasteiger partial charge in [0.05, 0.1) is 14.2 Å². The predicted octanol–water partition coefficient (Wildman–Crippen LogP) is 4.09. The number of anilines is 1. The van der Waals surface area contributed by atoms with Gasteiger partial charge in [-0.05, 0) is 48.4 Å². The molecule has 112 valence electrons. The van der Waals surface area contributed by atoms with Gasteiger partial charge in [-0.3, -0.25) is 0 Å². The van der Waals surface area contributed by atoms with Crippen LogP contribution >= 0.6 is 15.9 Å². The standard InChI is InChI=1S/C16H18BrNO3/c1-10-6-12(4-5-14(10)19)18-9-11-7-15(20-2)16(21-3)8-13(11)17/h4-8,18-19H,9H2,1-3H3. The second kappa shape index (κ2) is 6.72. The van der Waals surface area contributed by atoms with Crippen LogP contribution in [0, 0.1) is 6.92 Å². The van der Waals surface area contributed by atoms with E-state index in [1.807, 2.05) is 31.2 Å². The van der Waals surface area contributed by atoms with Gasteiger partial charge in [-0.2, -0.15) is 0 Å². The molecule has 2 N–H and O–H groups in total. The van der Waals surface area contributed by atoms with Gasteiger partial charge in [-0.25, -0.2) is 0 Å². The Morgan fingerprint density at radius 3 is 2.38 bits per heavy atom. The van der Waals surface area contributed by atoms with Crippen LogP contribution < -0.4 is 14.8 Å². The highest BCUT2D eigenvalue weighted by Crippen LogP contribution is 2.33. The average molecular weight is 352 g/mol. The fourth-order valence-corrected chi connectivity index (χ4v) is 2.46. The Morgan fingerprint density at radius 1 is 1.10 bits per heavy atom. The van der Waals surface area contributed by atoms with Gasteiger partial charge in [-0.15, -0.1) is 0 Å². The molecule has 0 atom stereocenters. The lowest BCUT2D eigenvalue weighted by atomic mass is 10.1. The van der Waals surface area contributed by atoms with E-state index in [1.54, 1.807) is 20.3 Å². The monoisotopic (exact) mass is 351 g/mol. The Hall–Kier alpha value is -1.88. The number of phenolic OH excluding ortho intramolecular Hbond substituents is 1. The van der Waals surface area contributed by atoms with Crippen molar-refractivity contribution in [3.8, 4) is 17.2 Å². The second-order valence-electron chi connectivity index (χ2n) is 4.65. The molecule has 0 spiro atoms. The van der Waals surface area contributed by atoms with Crippen LogP contribution in [0.3, 0.4) is 0 Å². The molecule has 0 saturated heterocycles. The maximum absolute atomic E-state index is 9.53. The van der Waals surface area contributed by atoms with E-state index in [2.05, 4.69) is 21.2 Å². The molecule has 0 saturated carbocycles. The molecule has 4 nitrogen and oxygen atoms in total. The van der Waals surface area contributed by atoms with E-state index in [4.69, 9.17) is 9.47 Å². The largest absolute Gasteiger partial charge is 0.508 e. The van der Waals surface area contributed by atoms with Crippen LogP contribution in [0.4, 0.5) is 5.69 Å². The SMILES string of the molecule is COc1cc(Br)c(CNc2ccc(O)c(C)c2)cc1OC. The van der Waals surface area contributed by atoms with Crippen molar-refractivity contribution >= 4 is 21.6 Å². The van der Waals surface area contributed by atoms with E-state index in [1.165, 1.54) is 0 Å². The third-order valence-corrected chi connectivity index (χ3v) is 3.97. The second-order valence-corrected chi connectivity index (χ2v) is 5.51. The highest BCUT2D eigenvalue weighted by molar-refractivity contribution is 9.10. The van der Waals surface area contributed by atoms with Crippen LogP contribution in [-0.4, -0.2) is 19.3 Å². The van der Waals surface area contributed by atoms with Crippen LogP contribution in [0.5, 0.6) is 17.2 Å². The number of rotatable bonds is 5. The third-order valence-electron chi connectivity index (χ3n) is 3.23. The van der Waals surface area contributed by atoms with E-state index in [0.717, 1.165) is 21.3 Å². The predicted molar refractivity (Wildman–Crippen MR) is 87.4 cm³/mol. The smallest absolute Gasteiger partial charge is 0.161 e. The zero-order valence-electron chi connectivity index (χ0n) is 12.2. The molecule has 21 heavy (non-hydrogen) atoms. The molecule has 0 bridgehead atoms. The molecule has 2 aromatic rings. The number of nitrogens with one attached hydrogen (secondary N) is 1. The quantitative estimate of drug-likeness (QED) is 0.796. The number of benzene rings is 2. The normalized spacial score (nSPS) is 10.3. The van der Waals surface area contributed by atoms with Crippen molar-refractivity contribution in [2.75, 3.05) is 19.5 Å². The van der Waals surface area contributed by atoms with Crippen molar-refractivity contribution in [3.63, 3.8) is 0 Å². The first-order chi connectivity index (χ1) is 10.0. The van der Waals surface area contributed by atoms with Crippen LogP contribution in [0.1, 0.15) is 11.1 Å². The molecule has 0 heterocycles. The van der Waals surface area contributed by atoms with Gasteiger partial charge in [0.2, 0.25) is 0 Å². The summed E-state index contributed by atoms with van der Waals surface area (Å²) in [5.74, 6) is 1.68. The topological polar surface area (TPSA) is 50.7 Å². The lowest BCUT2D eigenvalue weighted by Gasteiger charge is -2.13. The van der Waals surface area contributed by atoms with Crippen LogP contribution in [-0.2, 0) is 6.54 Å². The number of hydrogen-bond acceptors (Lipinski definition) is 4. The van der Waals surface area contributed by atoms with E-state index >= 15 is 0 Å². The highest BCUT2D eigenvalue weighted by Gasteiger charge is 2.09. The molecule has 0 radical (unpaired) electrons. The molecule has 5 heteroatoms. The van der Waals surface area contributed by atoms with Crippen molar-refractivity contribution in [3.05, 3.63) is 45.9 Å². The summed E-state index contributed by atoms with van der Waals surface area (Å²) in [6, 6.07) is 9.25. The van der Waals surface area contributed by atoms with Gasteiger partial charge in [0.25, 0.3) is 0 Å². The maximum Gasteiger partial charge on any atom is 0.161 e. The molecule has 2 rings (SSSR count). The number of methoxy groups -OCH3 is 2. The summed E-state index contributed by atoms with van der Waals surface area (Å²) in [5.41, 5.74) is 2.84. The number of phenols is 1. The average Bonchev–Trinajstić information content (AvgIpc) is 2.49. The summed E-state index contributed by atoms with van der Waals surface area (Å²) >= 11 is 3.54. The fourth-order valence-electron chi connectivity index (χ4n) is 1.99. The summed E-state index contributed by atoms with van der Waals surface area (Å²) < 4.78 is 11.5. The van der Waals surface area contributed by atoms with Crippen molar-refractivity contribution in [1.82, 2.24) is 0 Å². The van der Waals surface area contributed by atoms with E-state index in [-0.39, 0.29) is 0 Å². The number of halogens is 1. The van der Waals surface area contributed by atoms with Crippen molar-refractivity contribution < 1.29 is 14.6 Å².